The molecule has 0 radical (unpaired) electrons. The number of hydrogen-bond acceptors (Lipinski definition) is 7. The van der Waals surface area contributed by atoms with Crippen LogP contribution in [0.15, 0.2) is 47.0 Å². The van der Waals surface area contributed by atoms with Gasteiger partial charge in [-0.15, -0.1) is 0 Å². The molecule has 0 N–H and O–H groups in total. The number of aromatic nitrogens is 2. The van der Waals surface area contributed by atoms with Crippen LogP contribution in [-0.2, 0) is 11.3 Å². The maximum atomic E-state index is 12.9. The number of nitrogens with zero attached hydrogens (tertiary/aromatic N) is 2. The van der Waals surface area contributed by atoms with E-state index in [1.807, 2.05) is 0 Å². The lowest BCUT2D eigenvalue weighted by Gasteiger charge is -2.07. The van der Waals surface area contributed by atoms with Gasteiger partial charge in [-0.1, -0.05) is 5.16 Å². The Bertz CT molecular complexity index is 886. The Hall–Kier alpha value is -3.42. The zero-order valence-electron chi connectivity index (χ0n) is 14.1. The van der Waals surface area contributed by atoms with E-state index in [-0.39, 0.29) is 29.7 Å². The van der Waals surface area contributed by atoms with Crippen molar-refractivity contribution in [3.05, 3.63) is 59.7 Å². The lowest BCUT2D eigenvalue weighted by Crippen LogP contribution is -2.06. The van der Waals surface area contributed by atoms with Gasteiger partial charge in [0.1, 0.15) is 17.3 Å². The van der Waals surface area contributed by atoms with Crippen LogP contribution < -0.4 is 9.47 Å². The number of ether oxygens (including phenoxy) is 3. The SMILES string of the molecule is COc1cc(OC)cc(C(=O)OCc2nc(-c3ccc(F)cc3)no2)c1. The molecule has 0 fully saturated rings. The summed E-state index contributed by atoms with van der Waals surface area (Å²) in [5.41, 5.74) is 0.852. The summed E-state index contributed by atoms with van der Waals surface area (Å²) < 4.78 is 33.4. The summed E-state index contributed by atoms with van der Waals surface area (Å²) in [6.07, 6.45) is 0. The molecular weight excluding hydrogens is 343 g/mol. The van der Waals surface area contributed by atoms with Crippen LogP contribution in [0.2, 0.25) is 0 Å². The standard InChI is InChI=1S/C18H15FN2O5/c1-23-14-7-12(8-15(9-14)24-2)18(22)25-10-16-20-17(21-26-16)11-3-5-13(19)6-4-11/h3-9H,10H2,1-2H3. The van der Waals surface area contributed by atoms with Crippen LogP contribution >= 0.6 is 0 Å². The fourth-order valence-electron chi connectivity index (χ4n) is 2.17. The lowest BCUT2D eigenvalue weighted by atomic mass is 10.2. The molecule has 0 aliphatic carbocycles. The topological polar surface area (TPSA) is 83.7 Å². The quantitative estimate of drug-likeness (QED) is 0.625. The van der Waals surface area contributed by atoms with E-state index < -0.39 is 5.97 Å². The molecule has 0 amide bonds. The predicted molar refractivity (Wildman–Crippen MR) is 88.4 cm³/mol. The highest BCUT2D eigenvalue weighted by Crippen LogP contribution is 2.23. The number of carbonyl (C=O) groups excluding carboxylic acids is 1. The van der Waals surface area contributed by atoms with Gasteiger partial charge in [-0.2, -0.15) is 4.98 Å². The Kier molecular flexibility index (Phi) is 5.12. The third-order valence-electron chi connectivity index (χ3n) is 3.48. The molecular formula is C18H15FN2O5. The number of halogens is 1. The Morgan fingerprint density at radius 1 is 1.08 bits per heavy atom. The summed E-state index contributed by atoms with van der Waals surface area (Å²) in [5.74, 6) is 0.371. The molecule has 26 heavy (non-hydrogen) atoms. The predicted octanol–water partition coefficient (Wildman–Crippen LogP) is 3.25. The molecule has 2 aromatic carbocycles. The highest BCUT2D eigenvalue weighted by Gasteiger charge is 2.14. The summed E-state index contributed by atoms with van der Waals surface area (Å²) in [6.45, 7) is -0.202. The monoisotopic (exact) mass is 358 g/mol. The molecule has 1 heterocycles. The normalized spacial score (nSPS) is 10.4. The van der Waals surface area contributed by atoms with Crippen LogP contribution in [0.3, 0.4) is 0 Å². The van der Waals surface area contributed by atoms with Crippen molar-refractivity contribution in [2.75, 3.05) is 14.2 Å². The number of methoxy groups -OCH3 is 2. The van der Waals surface area contributed by atoms with Crippen LogP contribution in [0, 0.1) is 5.82 Å². The van der Waals surface area contributed by atoms with E-state index in [4.69, 9.17) is 18.7 Å². The van der Waals surface area contributed by atoms with E-state index in [1.165, 1.54) is 50.6 Å². The average Bonchev–Trinajstić information content (AvgIpc) is 3.15. The van der Waals surface area contributed by atoms with Crippen molar-refractivity contribution in [1.82, 2.24) is 10.1 Å². The Balaban J connectivity index is 1.67. The van der Waals surface area contributed by atoms with Gasteiger partial charge >= 0.3 is 5.97 Å². The highest BCUT2D eigenvalue weighted by molar-refractivity contribution is 5.90. The smallest absolute Gasteiger partial charge is 0.338 e. The van der Waals surface area contributed by atoms with Crippen LogP contribution in [-0.4, -0.2) is 30.3 Å². The molecule has 0 saturated heterocycles. The first-order valence-electron chi connectivity index (χ1n) is 7.58. The molecule has 3 rings (SSSR count). The number of benzene rings is 2. The maximum absolute atomic E-state index is 12.9. The minimum Gasteiger partial charge on any atom is -0.497 e. The summed E-state index contributed by atoms with van der Waals surface area (Å²) in [4.78, 5) is 16.3. The summed E-state index contributed by atoms with van der Waals surface area (Å²) in [6, 6.07) is 10.3. The third kappa shape index (κ3) is 3.97. The van der Waals surface area contributed by atoms with Crippen molar-refractivity contribution in [2.45, 2.75) is 6.61 Å². The average molecular weight is 358 g/mol. The zero-order chi connectivity index (χ0) is 18.5. The van der Waals surface area contributed by atoms with Crippen molar-refractivity contribution >= 4 is 5.97 Å². The van der Waals surface area contributed by atoms with E-state index in [9.17, 15) is 9.18 Å². The van der Waals surface area contributed by atoms with E-state index in [0.717, 1.165) is 0 Å². The van der Waals surface area contributed by atoms with Crippen LogP contribution in [0.25, 0.3) is 11.4 Å². The van der Waals surface area contributed by atoms with Crippen LogP contribution in [0.1, 0.15) is 16.2 Å². The van der Waals surface area contributed by atoms with Crippen LogP contribution in [0.4, 0.5) is 4.39 Å². The zero-order valence-corrected chi connectivity index (χ0v) is 14.1. The molecule has 0 aliphatic rings. The molecule has 0 atom stereocenters. The first-order valence-corrected chi connectivity index (χ1v) is 7.58. The van der Waals surface area contributed by atoms with Gasteiger partial charge in [0.2, 0.25) is 5.82 Å². The Morgan fingerprint density at radius 2 is 1.73 bits per heavy atom. The summed E-state index contributed by atoms with van der Waals surface area (Å²) >= 11 is 0. The molecule has 0 saturated carbocycles. The molecule has 3 aromatic rings. The van der Waals surface area contributed by atoms with E-state index >= 15 is 0 Å². The molecule has 0 aliphatic heterocycles. The second-order valence-corrected chi connectivity index (χ2v) is 5.20. The highest BCUT2D eigenvalue weighted by atomic mass is 19.1. The number of rotatable bonds is 6. The van der Waals surface area contributed by atoms with Gasteiger partial charge in [0.25, 0.3) is 5.89 Å². The van der Waals surface area contributed by atoms with Gasteiger partial charge in [-0.05, 0) is 36.4 Å². The minimum atomic E-state index is -0.594. The molecule has 8 heteroatoms. The third-order valence-corrected chi connectivity index (χ3v) is 3.48. The van der Waals surface area contributed by atoms with Crippen molar-refractivity contribution in [3.63, 3.8) is 0 Å². The van der Waals surface area contributed by atoms with Crippen molar-refractivity contribution in [2.24, 2.45) is 0 Å². The van der Waals surface area contributed by atoms with Gasteiger partial charge < -0.3 is 18.7 Å². The molecule has 0 spiro atoms. The Labute approximate surface area is 148 Å². The molecule has 134 valence electrons. The molecule has 7 nitrogen and oxygen atoms in total. The molecule has 1 aromatic heterocycles. The summed E-state index contributed by atoms with van der Waals surface area (Å²) in [5, 5.41) is 3.78. The van der Waals surface area contributed by atoms with Gasteiger partial charge in [-0.25, -0.2) is 9.18 Å². The number of hydrogen-bond donors (Lipinski definition) is 0. The van der Waals surface area contributed by atoms with E-state index in [0.29, 0.717) is 17.1 Å². The maximum Gasteiger partial charge on any atom is 0.338 e. The molecule has 0 bridgehead atoms. The van der Waals surface area contributed by atoms with Crippen molar-refractivity contribution in [1.29, 1.82) is 0 Å². The first kappa shape index (κ1) is 17.4. The molecule has 0 unspecified atom stereocenters. The van der Waals surface area contributed by atoms with Crippen molar-refractivity contribution < 1.29 is 27.9 Å². The second kappa shape index (κ2) is 7.64. The fraction of sp³-hybridized carbons (Fsp3) is 0.167. The van der Waals surface area contributed by atoms with Crippen LogP contribution in [0.5, 0.6) is 11.5 Å². The van der Waals surface area contributed by atoms with Crippen molar-refractivity contribution in [3.8, 4) is 22.9 Å². The van der Waals surface area contributed by atoms with Gasteiger partial charge in [-0.3, -0.25) is 0 Å². The number of esters is 1. The van der Waals surface area contributed by atoms with Gasteiger partial charge in [0.05, 0.1) is 19.8 Å². The summed E-state index contributed by atoms with van der Waals surface area (Å²) in [7, 11) is 2.97. The first-order chi connectivity index (χ1) is 12.6. The fourth-order valence-corrected chi connectivity index (χ4v) is 2.17. The van der Waals surface area contributed by atoms with E-state index in [1.54, 1.807) is 6.07 Å². The Morgan fingerprint density at radius 3 is 2.35 bits per heavy atom. The van der Waals surface area contributed by atoms with E-state index in [2.05, 4.69) is 10.1 Å². The van der Waals surface area contributed by atoms with Gasteiger partial charge in [0, 0.05) is 11.6 Å². The minimum absolute atomic E-state index is 0.118. The van der Waals surface area contributed by atoms with Gasteiger partial charge in [0.15, 0.2) is 6.61 Å². The lowest BCUT2D eigenvalue weighted by molar-refractivity contribution is 0.0429. The number of carbonyl (C=O) groups is 1. The second-order valence-electron chi connectivity index (χ2n) is 5.20. The largest absolute Gasteiger partial charge is 0.497 e.